The molecule has 114 valence electrons. The number of imidazole rings is 1. The van der Waals surface area contributed by atoms with E-state index in [1.165, 1.54) is 4.88 Å². The SMILES string of the molecule is COc1ccc(C(Nc2ncc(C)s2)c2nccn2C)cc1. The number of aromatic nitrogens is 3. The van der Waals surface area contributed by atoms with Gasteiger partial charge in [0.1, 0.15) is 17.6 Å². The second-order valence-electron chi connectivity index (χ2n) is 5.02. The molecular formula is C16H18N4OS. The largest absolute Gasteiger partial charge is 0.497 e. The Morgan fingerprint density at radius 1 is 1.23 bits per heavy atom. The van der Waals surface area contributed by atoms with Crippen molar-refractivity contribution in [1.29, 1.82) is 0 Å². The van der Waals surface area contributed by atoms with Gasteiger partial charge in [0.25, 0.3) is 0 Å². The summed E-state index contributed by atoms with van der Waals surface area (Å²) >= 11 is 1.64. The zero-order valence-electron chi connectivity index (χ0n) is 12.8. The Balaban J connectivity index is 1.96. The van der Waals surface area contributed by atoms with Crippen LogP contribution in [0, 0.1) is 6.92 Å². The van der Waals surface area contributed by atoms with E-state index in [0.29, 0.717) is 0 Å². The average molecular weight is 314 g/mol. The fraction of sp³-hybridized carbons (Fsp3) is 0.250. The molecule has 0 aliphatic rings. The van der Waals surface area contributed by atoms with Crippen LogP contribution >= 0.6 is 11.3 Å². The molecule has 1 N–H and O–H groups in total. The smallest absolute Gasteiger partial charge is 0.183 e. The van der Waals surface area contributed by atoms with Gasteiger partial charge in [-0.3, -0.25) is 0 Å². The summed E-state index contributed by atoms with van der Waals surface area (Å²) < 4.78 is 7.25. The van der Waals surface area contributed by atoms with Crippen LogP contribution in [-0.2, 0) is 7.05 Å². The standard InChI is InChI=1S/C16H18N4OS/c1-11-10-18-16(22-11)19-14(15-17-8-9-20(15)2)12-4-6-13(21-3)7-5-12/h4-10,14H,1-3H3,(H,18,19). The summed E-state index contributed by atoms with van der Waals surface area (Å²) in [7, 11) is 3.66. The Morgan fingerprint density at radius 2 is 2.00 bits per heavy atom. The molecule has 0 spiro atoms. The van der Waals surface area contributed by atoms with Gasteiger partial charge in [-0.1, -0.05) is 12.1 Å². The number of aryl methyl sites for hydroxylation is 2. The highest BCUT2D eigenvalue weighted by Gasteiger charge is 2.19. The van der Waals surface area contributed by atoms with E-state index >= 15 is 0 Å². The first kappa shape index (κ1) is 14.6. The van der Waals surface area contributed by atoms with Gasteiger partial charge < -0.3 is 14.6 Å². The van der Waals surface area contributed by atoms with Crippen LogP contribution in [0.15, 0.2) is 42.9 Å². The lowest BCUT2D eigenvalue weighted by molar-refractivity contribution is 0.414. The maximum absolute atomic E-state index is 5.23. The molecule has 0 fully saturated rings. The summed E-state index contributed by atoms with van der Waals surface area (Å²) in [6, 6.07) is 7.95. The summed E-state index contributed by atoms with van der Waals surface area (Å²) in [5.41, 5.74) is 1.11. The van der Waals surface area contributed by atoms with E-state index < -0.39 is 0 Å². The van der Waals surface area contributed by atoms with E-state index in [2.05, 4.69) is 15.3 Å². The van der Waals surface area contributed by atoms with Crippen LogP contribution in [-0.4, -0.2) is 21.6 Å². The lowest BCUT2D eigenvalue weighted by Gasteiger charge is -2.19. The first-order valence-corrected chi connectivity index (χ1v) is 7.79. The van der Waals surface area contributed by atoms with Crippen LogP contribution in [0.25, 0.3) is 0 Å². The third-order valence-electron chi connectivity index (χ3n) is 3.45. The minimum atomic E-state index is -0.0588. The van der Waals surface area contributed by atoms with Crippen molar-refractivity contribution in [3.63, 3.8) is 0 Å². The highest BCUT2D eigenvalue weighted by Crippen LogP contribution is 2.28. The minimum Gasteiger partial charge on any atom is -0.497 e. The van der Waals surface area contributed by atoms with Crippen LogP contribution in [0.2, 0.25) is 0 Å². The van der Waals surface area contributed by atoms with Crippen molar-refractivity contribution in [1.82, 2.24) is 14.5 Å². The highest BCUT2D eigenvalue weighted by atomic mass is 32.1. The zero-order valence-corrected chi connectivity index (χ0v) is 13.6. The maximum atomic E-state index is 5.23. The summed E-state index contributed by atoms with van der Waals surface area (Å²) in [5.74, 6) is 1.78. The van der Waals surface area contributed by atoms with Crippen molar-refractivity contribution >= 4 is 16.5 Å². The van der Waals surface area contributed by atoms with Crippen LogP contribution in [0.1, 0.15) is 22.3 Å². The van der Waals surface area contributed by atoms with E-state index in [1.807, 2.05) is 55.2 Å². The predicted octanol–water partition coefficient (Wildman–Crippen LogP) is 3.40. The summed E-state index contributed by atoms with van der Waals surface area (Å²) in [5, 5.41) is 4.37. The van der Waals surface area contributed by atoms with Gasteiger partial charge in [0.2, 0.25) is 0 Å². The van der Waals surface area contributed by atoms with Gasteiger partial charge in [0.15, 0.2) is 5.13 Å². The number of ether oxygens (including phenoxy) is 1. The van der Waals surface area contributed by atoms with Crippen LogP contribution in [0.5, 0.6) is 5.75 Å². The van der Waals surface area contributed by atoms with Gasteiger partial charge in [0, 0.05) is 30.5 Å². The van der Waals surface area contributed by atoms with E-state index in [1.54, 1.807) is 24.6 Å². The van der Waals surface area contributed by atoms with Crippen LogP contribution in [0.4, 0.5) is 5.13 Å². The third kappa shape index (κ3) is 2.96. The van der Waals surface area contributed by atoms with Gasteiger partial charge in [0.05, 0.1) is 7.11 Å². The molecule has 0 radical (unpaired) electrons. The van der Waals surface area contributed by atoms with Crippen LogP contribution in [0.3, 0.4) is 0 Å². The molecule has 0 saturated heterocycles. The number of thiazole rings is 1. The van der Waals surface area contributed by atoms with Crippen molar-refractivity contribution in [2.45, 2.75) is 13.0 Å². The summed E-state index contributed by atoms with van der Waals surface area (Å²) in [6.07, 6.45) is 5.62. The molecule has 1 aromatic carbocycles. The molecule has 0 saturated carbocycles. The predicted molar refractivity (Wildman–Crippen MR) is 88.5 cm³/mol. The zero-order chi connectivity index (χ0) is 15.5. The third-order valence-corrected chi connectivity index (χ3v) is 4.30. The summed E-state index contributed by atoms with van der Waals surface area (Å²) in [4.78, 5) is 10.1. The van der Waals surface area contributed by atoms with E-state index in [4.69, 9.17) is 4.74 Å². The Labute approximate surface area is 133 Å². The second kappa shape index (κ2) is 6.19. The van der Waals surface area contributed by atoms with E-state index in [-0.39, 0.29) is 6.04 Å². The number of anilines is 1. The quantitative estimate of drug-likeness (QED) is 0.784. The molecule has 0 bridgehead atoms. The molecule has 5 nitrogen and oxygen atoms in total. The van der Waals surface area contributed by atoms with E-state index in [0.717, 1.165) is 22.3 Å². The normalized spacial score (nSPS) is 12.1. The Hall–Kier alpha value is -2.34. The Bertz CT molecular complexity index is 748. The summed E-state index contributed by atoms with van der Waals surface area (Å²) in [6.45, 7) is 2.05. The Kier molecular flexibility index (Phi) is 4.11. The second-order valence-corrected chi connectivity index (χ2v) is 6.26. The molecule has 3 rings (SSSR count). The maximum Gasteiger partial charge on any atom is 0.183 e. The number of methoxy groups -OCH3 is 1. The monoisotopic (exact) mass is 314 g/mol. The van der Waals surface area contributed by atoms with Crippen molar-refractivity contribution in [2.75, 3.05) is 12.4 Å². The molecule has 3 aromatic rings. The molecule has 1 atom stereocenters. The minimum absolute atomic E-state index is 0.0588. The molecule has 22 heavy (non-hydrogen) atoms. The fourth-order valence-electron chi connectivity index (χ4n) is 2.29. The number of nitrogens with zero attached hydrogens (tertiary/aromatic N) is 3. The molecule has 0 amide bonds. The van der Waals surface area contributed by atoms with Crippen molar-refractivity contribution < 1.29 is 4.74 Å². The van der Waals surface area contributed by atoms with Crippen molar-refractivity contribution in [3.05, 3.63) is 59.1 Å². The molecule has 6 heteroatoms. The first-order valence-electron chi connectivity index (χ1n) is 6.97. The highest BCUT2D eigenvalue weighted by molar-refractivity contribution is 7.15. The average Bonchev–Trinajstić information content (AvgIpc) is 3.13. The molecule has 1 unspecified atom stereocenters. The van der Waals surface area contributed by atoms with Gasteiger partial charge >= 0.3 is 0 Å². The van der Waals surface area contributed by atoms with Crippen molar-refractivity contribution in [3.8, 4) is 5.75 Å². The van der Waals surface area contributed by atoms with E-state index in [9.17, 15) is 0 Å². The number of benzene rings is 1. The number of rotatable bonds is 5. The Morgan fingerprint density at radius 3 is 2.55 bits per heavy atom. The fourth-order valence-corrected chi connectivity index (χ4v) is 2.99. The molecule has 2 heterocycles. The van der Waals surface area contributed by atoms with Gasteiger partial charge in [-0.15, -0.1) is 11.3 Å². The number of nitrogens with one attached hydrogen (secondary N) is 1. The molecule has 2 aromatic heterocycles. The topological polar surface area (TPSA) is 52.0 Å². The number of hydrogen-bond donors (Lipinski definition) is 1. The van der Waals surface area contributed by atoms with Gasteiger partial charge in [-0.05, 0) is 24.6 Å². The lowest BCUT2D eigenvalue weighted by atomic mass is 10.1. The van der Waals surface area contributed by atoms with Gasteiger partial charge in [-0.25, -0.2) is 9.97 Å². The van der Waals surface area contributed by atoms with Crippen LogP contribution < -0.4 is 10.1 Å². The number of hydrogen-bond acceptors (Lipinski definition) is 5. The molecule has 0 aliphatic heterocycles. The first-order chi connectivity index (χ1) is 10.7. The molecule has 0 aliphatic carbocycles. The van der Waals surface area contributed by atoms with Crippen molar-refractivity contribution in [2.24, 2.45) is 7.05 Å². The molecular weight excluding hydrogens is 296 g/mol. The lowest BCUT2D eigenvalue weighted by Crippen LogP contribution is -2.16. The van der Waals surface area contributed by atoms with Gasteiger partial charge in [-0.2, -0.15) is 0 Å².